The van der Waals surface area contributed by atoms with Gasteiger partial charge in [0, 0.05) is 5.39 Å². The minimum absolute atomic E-state index is 0.0547. The molecule has 0 aliphatic carbocycles. The van der Waals surface area contributed by atoms with Gasteiger partial charge >= 0.3 is 5.97 Å². The van der Waals surface area contributed by atoms with Gasteiger partial charge in [-0.2, -0.15) is 5.10 Å². The molecule has 116 valence electrons. The highest BCUT2D eigenvalue weighted by atomic mass is 19.1. The van der Waals surface area contributed by atoms with Gasteiger partial charge in [-0.25, -0.2) is 13.9 Å². The summed E-state index contributed by atoms with van der Waals surface area (Å²) in [5.41, 5.74) is 0.280. The zero-order valence-corrected chi connectivity index (χ0v) is 12.3. The lowest BCUT2D eigenvalue weighted by Gasteiger charge is -2.10. The molecule has 0 amide bonds. The van der Waals surface area contributed by atoms with Crippen LogP contribution in [0.2, 0.25) is 0 Å². The van der Waals surface area contributed by atoms with Crippen molar-refractivity contribution in [3.8, 4) is 0 Å². The number of halogens is 1. The van der Waals surface area contributed by atoms with Crippen LogP contribution < -0.4 is 5.56 Å². The number of fused-ring (bicyclic) bond motifs is 1. The van der Waals surface area contributed by atoms with Gasteiger partial charge in [-0.1, -0.05) is 30.3 Å². The summed E-state index contributed by atoms with van der Waals surface area (Å²) in [4.78, 5) is 24.5. The maximum absolute atomic E-state index is 13.3. The third kappa shape index (κ3) is 2.83. The molecule has 3 aromatic rings. The Kier molecular flexibility index (Phi) is 3.89. The first-order valence-electron chi connectivity index (χ1n) is 6.93. The molecule has 5 nitrogen and oxygen atoms in total. The first kappa shape index (κ1) is 14.9. The van der Waals surface area contributed by atoms with Crippen molar-refractivity contribution < 1.29 is 13.9 Å². The molecule has 0 atom stereocenters. The van der Waals surface area contributed by atoms with Crippen LogP contribution in [0, 0.1) is 5.82 Å². The topological polar surface area (TPSA) is 61.2 Å². The van der Waals surface area contributed by atoms with Gasteiger partial charge in [-0.05, 0) is 23.8 Å². The highest BCUT2D eigenvalue weighted by Crippen LogP contribution is 2.14. The number of rotatable bonds is 3. The molecule has 1 heterocycles. The van der Waals surface area contributed by atoms with Crippen molar-refractivity contribution in [3.63, 3.8) is 0 Å². The van der Waals surface area contributed by atoms with Crippen molar-refractivity contribution >= 4 is 16.7 Å². The van der Waals surface area contributed by atoms with E-state index in [9.17, 15) is 14.0 Å². The van der Waals surface area contributed by atoms with E-state index in [2.05, 4.69) is 5.10 Å². The minimum Gasteiger partial charge on any atom is -0.464 e. The molecule has 0 fully saturated rings. The molecule has 0 aliphatic rings. The Balaban J connectivity index is 2.19. The summed E-state index contributed by atoms with van der Waals surface area (Å²) in [5.74, 6) is -1.03. The fraction of sp³-hybridized carbons (Fsp3) is 0.118. The normalized spacial score (nSPS) is 10.7. The quantitative estimate of drug-likeness (QED) is 0.697. The predicted octanol–water partition coefficient (Wildman–Crippen LogP) is 2.37. The van der Waals surface area contributed by atoms with Crippen LogP contribution in [0.15, 0.2) is 53.3 Å². The zero-order valence-electron chi connectivity index (χ0n) is 12.3. The number of hydrogen-bond acceptors (Lipinski definition) is 4. The Bertz CT molecular complexity index is 950. The monoisotopic (exact) mass is 312 g/mol. The van der Waals surface area contributed by atoms with Gasteiger partial charge in [0.05, 0.1) is 19.0 Å². The number of esters is 1. The first-order chi connectivity index (χ1) is 11.1. The summed E-state index contributed by atoms with van der Waals surface area (Å²) in [6.45, 7) is 0.0609. The molecule has 0 saturated heterocycles. The van der Waals surface area contributed by atoms with Crippen LogP contribution in [0.25, 0.3) is 10.8 Å². The molecule has 3 rings (SSSR count). The van der Waals surface area contributed by atoms with Gasteiger partial charge in [-0.3, -0.25) is 4.79 Å². The maximum atomic E-state index is 13.3. The molecule has 0 N–H and O–H groups in total. The molecule has 0 aliphatic heterocycles. The largest absolute Gasteiger partial charge is 0.464 e. The second-order valence-corrected chi connectivity index (χ2v) is 4.98. The summed E-state index contributed by atoms with van der Waals surface area (Å²) in [6, 6.07) is 12.6. The van der Waals surface area contributed by atoms with Gasteiger partial charge in [0.1, 0.15) is 5.82 Å². The Morgan fingerprint density at radius 3 is 2.61 bits per heavy atom. The van der Waals surface area contributed by atoms with Gasteiger partial charge in [0.2, 0.25) is 0 Å². The average Bonchev–Trinajstić information content (AvgIpc) is 2.57. The second-order valence-electron chi connectivity index (χ2n) is 4.98. The first-order valence-corrected chi connectivity index (χ1v) is 6.93. The van der Waals surface area contributed by atoms with Crippen molar-refractivity contribution in [2.75, 3.05) is 7.11 Å². The molecular formula is C17H13FN2O3. The molecule has 0 radical (unpaired) electrons. The van der Waals surface area contributed by atoms with E-state index in [1.54, 1.807) is 36.4 Å². The molecular weight excluding hydrogens is 299 g/mol. The van der Waals surface area contributed by atoms with Crippen LogP contribution in [-0.2, 0) is 11.3 Å². The van der Waals surface area contributed by atoms with Crippen molar-refractivity contribution in [2.24, 2.45) is 0 Å². The zero-order chi connectivity index (χ0) is 16.4. The Labute approximate surface area is 130 Å². The summed E-state index contributed by atoms with van der Waals surface area (Å²) in [5, 5.41) is 4.89. The van der Waals surface area contributed by atoms with E-state index in [1.807, 2.05) is 0 Å². The van der Waals surface area contributed by atoms with Gasteiger partial charge in [0.15, 0.2) is 5.69 Å². The number of hydrogen-bond donors (Lipinski definition) is 0. The van der Waals surface area contributed by atoms with Gasteiger partial charge in [0.25, 0.3) is 5.56 Å². The van der Waals surface area contributed by atoms with Gasteiger partial charge in [-0.15, -0.1) is 0 Å². The molecule has 0 bridgehead atoms. The highest BCUT2D eigenvalue weighted by molar-refractivity contribution is 6.01. The van der Waals surface area contributed by atoms with Crippen molar-refractivity contribution in [2.45, 2.75) is 6.54 Å². The minimum atomic E-state index is -0.630. The number of methoxy groups -OCH3 is 1. The summed E-state index contributed by atoms with van der Waals surface area (Å²) in [7, 11) is 1.25. The second kappa shape index (κ2) is 6.00. The third-order valence-electron chi connectivity index (χ3n) is 3.47. The fourth-order valence-electron chi connectivity index (χ4n) is 2.40. The van der Waals surface area contributed by atoms with E-state index in [0.717, 1.165) is 4.68 Å². The molecule has 23 heavy (non-hydrogen) atoms. The van der Waals surface area contributed by atoms with E-state index >= 15 is 0 Å². The fourth-order valence-corrected chi connectivity index (χ4v) is 2.40. The molecule has 0 unspecified atom stereocenters. The molecule has 6 heteroatoms. The summed E-state index contributed by atoms with van der Waals surface area (Å²) in [6.07, 6.45) is 0. The molecule has 0 saturated carbocycles. The number of aromatic nitrogens is 2. The van der Waals surface area contributed by atoms with Gasteiger partial charge < -0.3 is 4.74 Å². The van der Waals surface area contributed by atoms with E-state index in [1.165, 1.54) is 19.2 Å². The number of carbonyl (C=O) groups is 1. The number of carbonyl (C=O) groups excluding carboxylic acids is 1. The Morgan fingerprint density at radius 1 is 1.17 bits per heavy atom. The summed E-state index contributed by atoms with van der Waals surface area (Å²) >= 11 is 0. The van der Waals surface area contributed by atoms with Crippen LogP contribution in [0.1, 0.15) is 16.1 Å². The lowest BCUT2D eigenvalue weighted by atomic mass is 10.1. The van der Waals surface area contributed by atoms with E-state index < -0.39 is 11.8 Å². The molecule has 0 spiro atoms. The molecule has 2 aromatic carbocycles. The number of nitrogens with zero attached hydrogens (tertiary/aromatic N) is 2. The molecule has 1 aromatic heterocycles. The van der Waals surface area contributed by atoms with E-state index in [4.69, 9.17) is 4.74 Å². The van der Waals surface area contributed by atoms with Crippen LogP contribution in [0.4, 0.5) is 4.39 Å². The number of ether oxygens (including phenoxy) is 1. The Hall–Kier alpha value is -3.02. The van der Waals surface area contributed by atoms with E-state index in [-0.39, 0.29) is 17.8 Å². The maximum Gasteiger partial charge on any atom is 0.359 e. The van der Waals surface area contributed by atoms with Crippen LogP contribution in [0.5, 0.6) is 0 Å². The Morgan fingerprint density at radius 2 is 1.91 bits per heavy atom. The SMILES string of the molecule is COC(=O)c1nn(Cc2cccc(F)c2)c(=O)c2ccccc12. The predicted molar refractivity (Wildman–Crippen MR) is 82.8 cm³/mol. The standard InChI is InChI=1S/C17H13FN2O3/c1-23-17(22)15-13-7-2-3-8-14(13)16(21)20(19-15)10-11-5-4-6-12(18)9-11/h2-9H,10H2,1H3. The van der Waals surface area contributed by atoms with Crippen molar-refractivity contribution in [1.82, 2.24) is 9.78 Å². The van der Waals surface area contributed by atoms with Crippen molar-refractivity contribution in [1.29, 1.82) is 0 Å². The smallest absolute Gasteiger partial charge is 0.359 e. The van der Waals surface area contributed by atoms with E-state index in [0.29, 0.717) is 16.3 Å². The lowest BCUT2D eigenvalue weighted by Crippen LogP contribution is -2.26. The van der Waals surface area contributed by atoms with Crippen molar-refractivity contribution in [3.05, 3.63) is 76.0 Å². The number of benzene rings is 2. The summed E-state index contributed by atoms with van der Waals surface area (Å²) < 4.78 is 19.2. The highest BCUT2D eigenvalue weighted by Gasteiger charge is 2.17. The van der Waals surface area contributed by atoms with Crippen LogP contribution in [-0.4, -0.2) is 22.9 Å². The van der Waals surface area contributed by atoms with Crippen LogP contribution >= 0.6 is 0 Å². The van der Waals surface area contributed by atoms with Crippen LogP contribution in [0.3, 0.4) is 0 Å². The lowest BCUT2D eigenvalue weighted by molar-refractivity contribution is 0.0593. The average molecular weight is 312 g/mol. The third-order valence-corrected chi connectivity index (χ3v) is 3.47.